The largest absolute Gasteiger partial charge is 0.299 e. The van der Waals surface area contributed by atoms with Crippen molar-refractivity contribution in [3.63, 3.8) is 0 Å². The summed E-state index contributed by atoms with van der Waals surface area (Å²) in [7, 11) is 0. The number of rotatable bonds is 1. The predicted octanol–water partition coefficient (Wildman–Crippen LogP) is 4.13. The lowest BCUT2D eigenvalue weighted by molar-refractivity contribution is -0.120. The van der Waals surface area contributed by atoms with Gasteiger partial charge in [0.1, 0.15) is 5.78 Å². The van der Waals surface area contributed by atoms with Gasteiger partial charge in [-0.15, -0.1) is 0 Å². The van der Waals surface area contributed by atoms with E-state index in [1.165, 1.54) is 18.4 Å². The van der Waals surface area contributed by atoms with Gasteiger partial charge in [0.25, 0.3) is 0 Å². The molecule has 1 fully saturated rings. The minimum Gasteiger partial charge on any atom is -0.299 e. The lowest BCUT2D eigenvalue weighted by Crippen LogP contribution is -2.09. The van der Waals surface area contributed by atoms with Crippen LogP contribution in [-0.4, -0.2) is 5.78 Å². The van der Waals surface area contributed by atoms with Gasteiger partial charge >= 0.3 is 0 Å². The highest BCUT2D eigenvalue weighted by Gasteiger charge is 2.24. The third kappa shape index (κ3) is 2.09. The van der Waals surface area contributed by atoms with E-state index in [0.717, 1.165) is 23.7 Å². The Kier molecular flexibility index (Phi) is 3.39. The summed E-state index contributed by atoms with van der Waals surface area (Å²) >= 11 is 5.18. The van der Waals surface area contributed by atoms with Crippen LogP contribution in [0.15, 0.2) is 15.2 Å². The molecule has 0 spiro atoms. The van der Waals surface area contributed by atoms with Crippen molar-refractivity contribution in [3.8, 4) is 0 Å². The third-order valence-electron chi connectivity index (χ3n) is 2.82. The molecule has 1 aromatic rings. The van der Waals surface area contributed by atoms with E-state index in [1.807, 2.05) is 0 Å². The summed E-state index contributed by atoms with van der Waals surface area (Å²) in [6, 6.07) is 0. The Morgan fingerprint density at radius 2 is 2.14 bits per heavy atom. The molecule has 1 nitrogen and oxygen atoms in total. The van der Waals surface area contributed by atoms with Crippen molar-refractivity contribution in [2.24, 2.45) is 0 Å². The van der Waals surface area contributed by atoms with Crippen LogP contribution in [0.5, 0.6) is 0 Å². The lowest BCUT2D eigenvalue weighted by Gasteiger charge is -2.11. The van der Waals surface area contributed by atoms with Gasteiger partial charge in [0, 0.05) is 22.2 Å². The molecule has 1 aliphatic rings. The van der Waals surface area contributed by atoms with Crippen molar-refractivity contribution in [3.05, 3.63) is 20.8 Å². The Balaban J connectivity index is 2.23. The molecule has 1 atom stereocenters. The van der Waals surface area contributed by atoms with E-state index >= 15 is 0 Å². The van der Waals surface area contributed by atoms with Crippen LogP contribution in [-0.2, 0) is 4.79 Å². The molecule has 76 valence electrons. The quantitative estimate of drug-likeness (QED) is 0.703. The fraction of sp³-hybridized carbons (Fsp3) is 0.545. The van der Waals surface area contributed by atoms with Crippen molar-refractivity contribution in [2.45, 2.75) is 38.0 Å². The summed E-state index contributed by atoms with van der Waals surface area (Å²) in [5.74, 6) is 0.597. The van der Waals surface area contributed by atoms with Gasteiger partial charge < -0.3 is 0 Å². The van der Waals surface area contributed by atoms with E-state index in [-0.39, 0.29) is 5.92 Å². The van der Waals surface area contributed by atoms with Gasteiger partial charge in [-0.25, -0.2) is 0 Å². The van der Waals surface area contributed by atoms with Gasteiger partial charge in [-0.2, -0.15) is 11.3 Å². The smallest absolute Gasteiger partial charge is 0.140 e. The van der Waals surface area contributed by atoms with Crippen LogP contribution >= 0.6 is 27.3 Å². The summed E-state index contributed by atoms with van der Waals surface area (Å²) in [6.07, 6.45) is 5.29. The SMILES string of the molecule is O=C1CCCCCC1c1cscc1Br. The van der Waals surface area contributed by atoms with E-state index in [9.17, 15) is 4.79 Å². The number of carbonyl (C=O) groups is 1. The van der Waals surface area contributed by atoms with Crippen molar-refractivity contribution >= 4 is 33.0 Å². The van der Waals surface area contributed by atoms with Gasteiger partial charge in [-0.3, -0.25) is 4.79 Å². The topological polar surface area (TPSA) is 17.1 Å². The lowest BCUT2D eigenvalue weighted by atomic mass is 9.93. The molecule has 0 saturated heterocycles. The Hall–Kier alpha value is -0.150. The molecule has 0 N–H and O–H groups in total. The molecule has 0 aliphatic heterocycles. The molecular formula is C11H13BrOS. The van der Waals surface area contributed by atoms with Crippen LogP contribution in [0.2, 0.25) is 0 Å². The first-order chi connectivity index (χ1) is 6.79. The normalized spacial score (nSPS) is 23.5. The number of ketones is 1. The second kappa shape index (κ2) is 4.58. The minimum atomic E-state index is 0.165. The van der Waals surface area contributed by atoms with E-state index < -0.39 is 0 Å². The molecule has 0 amide bonds. The average molecular weight is 273 g/mol. The number of hydrogen-bond acceptors (Lipinski definition) is 2. The maximum atomic E-state index is 11.8. The van der Waals surface area contributed by atoms with Crippen molar-refractivity contribution in [1.29, 1.82) is 0 Å². The van der Waals surface area contributed by atoms with Crippen molar-refractivity contribution in [1.82, 2.24) is 0 Å². The Morgan fingerprint density at radius 3 is 2.86 bits per heavy atom. The molecule has 1 heterocycles. The van der Waals surface area contributed by atoms with E-state index in [1.54, 1.807) is 11.3 Å². The van der Waals surface area contributed by atoms with Gasteiger partial charge in [0.05, 0.1) is 0 Å². The highest BCUT2D eigenvalue weighted by atomic mass is 79.9. The third-order valence-corrected chi connectivity index (χ3v) is 4.57. The molecule has 1 unspecified atom stereocenters. The van der Waals surface area contributed by atoms with Crippen LogP contribution in [0.1, 0.15) is 43.6 Å². The van der Waals surface area contributed by atoms with Crippen LogP contribution < -0.4 is 0 Å². The molecule has 1 aliphatic carbocycles. The first-order valence-electron chi connectivity index (χ1n) is 5.03. The van der Waals surface area contributed by atoms with Crippen molar-refractivity contribution < 1.29 is 4.79 Å². The first-order valence-corrected chi connectivity index (χ1v) is 6.77. The number of carbonyl (C=O) groups excluding carboxylic acids is 1. The zero-order chi connectivity index (χ0) is 9.97. The second-order valence-electron chi connectivity index (χ2n) is 3.79. The van der Waals surface area contributed by atoms with Gasteiger partial charge in [0.15, 0.2) is 0 Å². The fourth-order valence-corrected chi connectivity index (χ4v) is 3.66. The molecule has 14 heavy (non-hydrogen) atoms. The highest BCUT2D eigenvalue weighted by Crippen LogP contribution is 2.35. The summed E-state index contributed by atoms with van der Waals surface area (Å²) in [5.41, 5.74) is 1.21. The molecule has 0 radical (unpaired) electrons. The van der Waals surface area contributed by atoms with Gasteiger partial charge in [-0.1, -0.05) is 12.8 Å². The summed E-state index contributed by atoms with van der Waals surface area (Å²) < 4.78 is 1.11. The van der Waals surface area contributed by atoms with Crippen LogP contribution in [0.25, 0.3) is 0 Å². The van der Waals surface area contributed by atoms with E-state index in [0.29, 0.717) is 5.78 Å². The number of thiophene rings is 1. The molecule has 2 rings (SSSR count). The standard InChI is InChI=1S/C11H13BrOS/c12-10-7-14-6-9(10)8-4-2-1-3-5-11(8)13/h6-8H,1-5H2. The molecule has 1 aromatic heterocycles. The molecule has 1 saturated carbocycles. The molecular weight excluding hydrogens is 260 g/mol. The molecule has 0 bridgehead atoms. The molecule has 0 aromatic carbocycles. The fourth-order valence-electron chi connectivity index (χ4n) is 2.03. The average Bonchev–Trinajstić information content (AvgIpc) is 2.46. The second-order valence-corrected chi connectivity index (χ2v) is 5.39. The number of halogens is 1. The maximum Gasteiger partial charge on any atom is 0.140 e. The summed E-state index contributed by atoms with van der Waals surface area (Å²) in [5, 5.41) is 4.17. The monoisotopic (exact) mass is 272 g/mol. The Bertz CT molecular complexity index is 332. The number of hydrogen-bond donors (Lipinski definition) is 0. The Labute approximate surface area is 96.6 Å². The van der Waals surface area contributed by atoms with E-state index in [4.69, 9.17) is 0 Å². The molecule has 3 heteroatoms. The van der Waals surface area contributed by atoms with Crippen LogP contribution in [0, 0.1) is 0 Å². The maximum absolute atomic E-state index is 11.8. The van der Waals surface area contributed by atoms with Gasteiger partial charge in [0.2, 0.25) is 0 Å². The van der Waals surface area contributed by atoms with Crippen molar-refractivity contribution in [2.75, 3.05) is 0 Å². The summed E-state index contributed by atoms with van der Waals surface area (Å²) in [4.78, 5) is 11.8. The zero-order valence-electron chi connectivity index (χ0n) is 7.96. The van der Waals surface area contributed by atoms with Gasteiger partial charge in [-0.05, 0) is 39.7 Å². The zero-order valence-corrected chi connectivity index (χ0v) is 10.4. The summed E-state index contributed by atoms with van der Waals surface area (Å²) in [6.45, 7) is 0. The highest BCUT2D eigenvalue weighted by molar-refractivity contribution is 9.10. The van der Waals surface area contributed by atoms with E-state index in [2.05, 4.69) is 26.7 Å². The number of Topliss-reactive ketones (excluding diaryl/α,β-unsaturated/α-hetero) is 1. The Morgan fingerprint density at radius 1 is 1.29 bits per heavy atom. The minimum absolute atomic E-state index is 0.165. The first kappa shape index (κ1) is 10.4. The van der Waals surface area contributed by atoms with Crippen LogP contribution in [0.4, 0.5) is 0 Å². The predicted molar refractivity (Wildman–Crippen MR) is 62.9 cm³/mol. The van der Waals surface area contributed by atoms with Crippen LogP contribution in [0.3, 0.4) is 0 Å².